The SMILES string of the molecule is CNC(=O)C1CCN(S(N)(=O)=O)CC1. The number of amides is 1. The minimum absolute atomic E-state index is 0.0286. The molecule has 0 unspecified atom stereocenters. The molecule has 0 saturated carbocycles. The molecular formula is C7H15N3O3S. The monoisotopic (exact) mass is 221 g/mol. The van der Waals surface area contributed by atoms with E-state index in [1.54, 1.807) is 7.05 Å². The zero-order chi connectivity index (χ0) is 10.8. The second-order valence-corrected chi connectivity index (χ2v) is 4.88. The van der Waals surface area contributed by atoms with Crippen molar-refractivity contribution in [3.05, 3.63) is 0 Å². The molecule has 0 spiro atoms. The molecule has 0 radical (unpaired) electrons. The van der Waals surface area contributed by atoms with Crippen LogP contribution in [0, 0.1) is 5.92 Å². The Bertz CT molecular complexity index is 306. The van der Waals surface area contributed by atoms with Gasteiger partial charge in [0.25, 0.3) is 10.2 Å². The molecule has 0 aromatic heterocycles. The molecule has 0 aliphatic carbocycles. The number of carbonyl (C=O) groups is 1. The molecule has 3 N–H and O–H groups in total. The van der Waals surface area contributed by atoms with Crippen molar-refractivity contribution in [3.63, 3.8) is 0 Å². The number of hydrogen-bond acceptors (Lipinski definition) is 3. The molecule has 1 aliphatic rings. The highest BCUT2D eigenvalue weighted by molar-refractivity contribution is 7.86. The molecule has 6 nitrogen and oxygen atoms in total. The van der Waals surface area contributed by atoms with E-state index in [9.17, 15) is 13.2 Å². The molecule has 1 aliphatic heterocycles. The van der Waals surface area contributed by atoms with E-state index in [-0.39, 0.29) is 11.8 Å². The second-order valence-electron chi connectivity index (χ2n) is 3.33. The Kier molecular flexibility index (Phi) is 3.46. The topological polar surface area (TPSA) is 92.5 Å². The van der Waals surface area contributed by atoms with Crippen molar-refractivity contribution in [2.45, 2.75) is 12.8 Å². The Morgan fingerprint density at radius 2 is 1.93 bits per heavy atom. The molecule has 1 heterocycles. The summed E-state index contributed by atoms with van der Waals surface area (Å²) in [6.07, 6.45) is 1.08. The summed E-state index contributed by atoms with van der Waals surface area (Å²) in [5.41, 5.74) is 0. The van der Waals surface area contributed by atoms with Gasteiger partial charge in [0.1, 0.15) is 0 Å². The molecule has 1 amide bonds. The number of nitrogens with one attached hydrogen (secondary N) is 1. The summed E-state index contributed by atoms with van der Waals surface area (Å²) in [5.74, 6) is -0.114. The zero-order valence-electron chi connectivity index (χ0n) is 8.06. The van der Waals surface area contributed by atoms with Gasteiger partial charge in [-0.3, -0.25) is 4.79 Å². The first-order chi connectivity index (χ1) is 6.45. The molecule has 82 valence electrons. The Hall–Kier alpha value is -0.660. The van der Waals surface area contributed by atoms with Crippen LogP contribution in [0.2, 0.25) is 0 Å². The summed E-state index contributed by atoms with van der Waals surface area (Å²) in [6, 6.07) is 0. The van der Waals surface area contributed by atoms with Gasteiger partial charge in [-0.1, -0.05) is 0 Å². The van der Waals surface area contributed by atoms with E-state index < -0.39 is 10.2 Å². The molecule has 7 heteroatoms. The number of rotatable bonds is 2. The van der Waals surface area contributed by atoms with Gasteiger partial charge in [0.2, 0.25) is 5.91 Å². The fourth-order valence-electron chi connectivity index (χ4n) is 1.58. The van der Waals surface area contributed by atoms with E-state index in [0.717, 1.165) is 0 Å². The lowest BCUT2D eigenvalue weighted by atomic mass is 9.97. The van der Waals surface area contributed by atoms with Crippen LogP contribution in [0.5, 0.6) is 0 Å². The highest BCUT2D eigenvalue weighted by atomic mass is 32.2. The van der Waals surface area contributed by atoms with Crippen LogP contribution in [-0.4, -0.2) is 38.8 Å². The summed E-state index contributed by atoms with van der Waals surface area (Å²) in [6.45, 7) is 0.661. The third kappa shape index (κ3) is 2.66. The van der Waals surface area contributed by atoms with Crippen LogP contribution < -0.4 is 10.5 Å². The Morgan fingerprint density at radius 3 is 2.29 bits per heavy atom. The molecule has 14 heavy (non-hydrogen) atoms. The summed E-state index contributed by atoms with van der Waals surface area (Å²) >= 11 is 0. The number of hydrogen-bond donors (Lipinski definition) is 2. The molecular weight excluding hydrogens is 206 g/mol. The Morgan fingerprint density at radius 1 is 1.43 bits per heavy atom. The number of piperidine rings is 1. The first-order valence-electron chi connectivity index (χ1n) is 4.44. The average molecular weight is 221 g/mol. The van der Waals surface area contributed by atoms with Crippen LogP contribution in [0.25, 0.3) is 0 Å². The van der Waals surface area contributed by atoms with Crippen molar-refractivity contribution in [1.29, 1.82) is 0 Å². The van der Waals surface area contributed by atoms with E-state index in [2.05, 4.69) is 5.32 Å². The van der Waals surface area contributed by atoms with E-state index in [4.69, 9.17) is 5.14 Å². The summed E-state index contributed by atoms with van der Waals surface area (Å²) in [5, 5.41) is 7.51. The van der Waals surface area contributed by atoms with Crippen LogP contribution in [0.3, 0.4) is 0 Å². The van der Waals surface area contributed by atoms with Crippen LogP contribution >= 0.6 is 0 Å². The maximum Gasteiger partial charge on any atom is 0.276 e. The van der Waals surface area contributed by atoms with E-state index in [1.165, 1.54) is 4.31 Å². The van der Waals surface area contributed by atoms with Crippen molar-refractivity contribution in [2.24, 2.45) is 11.1 Å². The van der Waals surface area contributed by atoms with Gasteiger partial charge in [-0.25, -0.2) is 5.14 Å². The van der Waals surface area contributed by atoms with Crippen LogP contribution in [0.1, 0.15) is 12.8 Å². The zero-order valence-corrected chi connectivity index (χ0v) is 8.88. The van der Waals surface area contributed by atoms with E-state index in [0.29, 0.717) is 25.9 Å². The van der Waals surface area contributed by atoms with Crippen molar-refractivity contribution in [3.8, 4) is 0 Å². The lowest BCUT2D eigenvalue weighted by molar-refractivity contribution is -0.125. The van der Waals surface area contributed by atoms with Gasteiger partial charge < -0.3 is 5.32 Å². The maximum atomic E-state index is 11.2. The fourth-order valence-corrected chi connectivity index (χ4v) is 2.30. The van der Waals surface area contributed by atoms with Crippen molar-refractivity contribution in [2.75, 3.05) is 20.1 Å². The first-order valence-corrected chi connectivity index (χ1v) is 5.95. The van der Waals surface area contributed by atoms with E-state index >= 15 is 0 Å². The summed E-state index contributed by atoms with van der Waals surface area (Å²) < 4.78 is 23.1. The van der Waals surface area contributed by atoms with Crippen molar-refractivity contribution >= 4 is 16.1 Å². The van der Waals surface area contributed by atoms with Crippen LogP contribution in [-0.2, 0) is 15.0 Å². The lowest BCUT2D eigenvalue weighted by Crippen LogP contribution is -2.44. The average Bonchev–Trinajstić information content (AvgIpc) is 2.15. The third-order valence-electron chi connectivity index (χ3n) is 2.43. The molecule has 0 bridgehead atoms. The van der Waals surface area contributed by atoms with Gasteiger partial charge in [-0.2, -0.15) is 12.7 Å². The van der Waals surface area contributed by atoms with Gasteiger partial charge in [0, 0.05) is 26.1 Å². The number of nitrogens with two attached hydrogens (primary N) is 1. The first kappa shape index (κ1) is 11.4. The third-order valence-corrected chi connectivity index (χ3v) is 3.52. The largest absolute Gasteiger partial charge is 0.359 e. The molecule has 1 rings (SSSR count). The smallest absolute Gasteiger partial charge is 0.276 e. The number of nitrogens with zero attached hydrogens (tertiary/aromatic N) is 1. The van der Waals surface area contributed by atoms with Gasteiger partial charge in [-0.15, -0.1) is 0 Å². The van der Waals surface area contributed by atoms with Crippen molar-refractivity contribution in [1.82, 2.24) is 9.62 Å². The van der Waals surface area contributed by atoms with Gasteiger partial charge in [0.15, 0.2) is 0 Å². The molecule has 0 aromatic rings. The standard InChI is InChI=1S/C7H15N3O3S/c1-9-7(11)6-2-4-10(5-3-6)14(8,12)13/h6H,2-5H2,1H3,(H,9,11)(H2,8,12,13). The fraction of sp³-hybridized carbons (Fsp3) is 0.857. The Labute approximate surface area is 83.6 Å². The molecule has 0 atom stereocenters. The summed E-state index contributed by atoms with van der Waals surface area (Å²) in [4.78, 5) is 11.2. The molecule has 0 aromatic carbocycles. The highest BCUT2D eigenvalue weighted by Crippen LogP contribution is 2.18. The highest BCUT2D eigenvalue weighted by Gasteiger charge is 2.28. The van der Waals surface area contributed by atoms with Gasteiger partial charge in [0.05, 0.1) is 0 Å². The lowest BCUT2D eigenvalue weighted by Gasteiger charge is -2.28. The summed E-state index contributed by atoms with van der Waals surface area (Å²) in [7, 11) is -2.00. The van der Waals surface area contributed by atoms with Gasteiger partial charge in [-0.05, 0) is 12.8 Å². The van der Waals surface area contributed by atoms with E-state index in [1.807, 2.05) is 0 Å². The molecule has 1 fully saturated rings. The van der Waals surface area contributed by atoms with Gasteiger partial charge >= 0.3 is 0 Å². The quantitative estimate of drug-likeness (QED) is 0.603. The normalized spacial score (nSPS) is 20.7. The van der Waals surface area contributed by atoms with Crippen molar-refractivity contribution < 1.29 is 13.2 Å². The predicted octanol–water partition coefficient (Wildman–Crippen LogP) is -1.35. The Balaban J connectivity index is 2.51. The molecule has 1 saturated heterocycles. The van der Waals surface area contributed by atoms with Crippen LogP contribution in [0.4, 0.5) is 0 Å². The minimum atomic E-state index is -3.58. The van der Waals surface area contributed by atoms with Crippen LogP contribution in [0.15, 0.2) is 0 Å². The maximum absolute atomic E-state index is 11.2. The predicted molar refractivity (Wildman–Crippen MR) is 51.5 cm³/mol. The number of carbonyl (C=O) groups excluding carboxylic acids is 1. The second kappa shape index (κ2) is 4.24. The minimum Gasteiger partial charge on any atom is -0.359 e.